The van der Waals surface area contributed by atoms with Crippen molar-refractivity contribution in [2.24, 2.45) is 0 Å². The molecule has 1 aromatic carbocycles. The molecule has 0 aliphatic rings. The van der Waals surface area contributed by atoms with E-state index in [9.17, 15) is 13.6 Å². The van der Waals surface area contributed by atoms with Crippen LogP contribution in [0.15, 0.2) is 18.2 Å². The zero-order valence-electron chi connectivity index (χ0n) is 12.3. The Hall–Kier alpha value is -2.53. The number of carbonyl (C=O) groups excluding carboxylic acids is 1. The summed E-state index contributed by atoms with van der Waals surface area (Å²) >= 11 is 1.12. The summed E-state index contributed by atoms with van der Waals surface area (Å²) in [4.78, 5) is 16.4. The van der Waals surface area contributed by atoms with Gasteiger partial charge in [0.05, 0.1) is 17.9 Å². The summed E-state index contributed by atoms with van der Waals surface area (Å²) in [7, 11) is 0. The van der Waals surface area contributed by atoms with Gasteiger partial charge < -0.3 is 9.47 Å². The Kier molecular flexibility index (Phi) is 5.24. The van der Waals surface area contributed by atoms with Crippen LogP contribution in [0.3, 0.4) is 0 Å². The lowest BCUT2D eigenvalue weighted by molar-refractivity contribution is -0.0500. The van der Waals surface area contributed by atoms with Crippen LogP contribution in [0.1, 0.15) is 27.9 Å². The summed E-state index contributed by atoms with van der Waals surface area (Å²) in [5.41, 5.74) is 1.01. The second kappa shape index (κ2) is 7.15. The quantitative estimate of drug-likeness (QED) is 0.776. The summed E-state index contributed by atoms with van der Waals surface area (Å²) in [5, 5.41) is 9.55. The van der Waals surface area contributed by atoms with Gasteiger partial charge in [0, 0.05) is 5.56 Å². The molecule has 0 N–H and O–H groups in total. The molecule has 0 saturated heterocycles. The van der Waals surface area contributed by atoms with E-state index in [1.165, 1.54) is 18.2 Å². The average Bonchev–Trinajstić information content (AvgIpc) is 2.89. The van der Waals surface area contributed by atoms with Crippen molar-refractivity contribution in [3.8, 4) is 22.4 Å². The van der Waals surface area contributed by atoms with Gasteiger partial charge in [-0.1, -0.05) is 0 Å². The number of nitrogens with zero attached hydrogens (tertiary/aromatic N) is 2. The number of hydrogen-bond acceptors (Lipinski definition) is 6. The second-order valence-electron chi connectivity index (χ2n) is 4.36. The zero-order valence-corrected chi connectivity index (χ0v) is 13.1. The van der Waals surface area contributed by atoms with Crippen LogP contribution in [-0.4, -0.2) is 24.2 Å². The van der Waals surface area contributed by atoms with Crippen LogP contribution in [0.2, 0.25) is 0 Å². The molecule has 0 aliphatic carbocycles. The minimum atomic E-state index is -3.01. The van der Waals surface area contributed by atoms with Crippen molar-refractivity contribution in [1.82, 2.24) is 4.98 Å². The molecule has 2 rings (SSSR count). The number of carbonyl (C=O) groups is 1. The van der Waals surface area contributed by atoms with Crippen molar-refractivity contribution in [3.05, 3.63) is 34.3 Å². The fourth-order valence-electron chi connectivity index (χ4n) is 1.86. The first-order chi connectivity index (χ1) is 11.0. The maximum absolute atomic E-state index is 12.3. The molecular weight excluding hydrogens is 326 g/mol. The summed E-state index contributed by atoms with van der Waals surface area (Å²) in [6.07, 6.45) is 0. The third kappa shape index (κ3) is 3.81. The molecule has 0 saturated carbocycles. The maximum Gasteiger partial charge on any atom is 0.387 e. The van der Waals surface area contributed by atoms with Crippen molar-refractivity contribution in [2.75, 3.05) is 6.61 Å². The Bertz CT molecular complexity index is 769. The van der Waals surface area contributed by atoms with E-state index >= 15 is 0 Å². The molecule has 0 fully saturated rings. The fourth-order valence-corrected chi connectivity index (χ4v) is 2.81. The topological polar surface area (TPSA) is 72.2 Å². The number of nitriles is 1. The second-order valence-corrected chi connectivity index (χ2v) is 5.35. The number of hydrogen-bond donors (Lipinski definition) is 0. The zero-order chi connectivity index (χ0) is 17.0. The smallest absolute Gasteiger partial charge is 0.387 e. The molecule has 2 aromatic rings. The lowest BCUT2D eigenvalue weighted by Gasteiger charge is -2.07. The minimum Gasteiger partial charge on any atom is -0.462 e. The third-order valence-corrected chi connectivity index (χ3v) is 4.01. The predicted octanol–water partition coefficient (Wildman–Crippen LogP) is 3.77. The van der Waals surface area contributed by atoms with E-state index in [1.807, 2.05) is 0 Å². The molecular formula is C15H12F2N2O3S. The van der Waals surface area contributed by atoms with Crippen LogP contribution in [0.4, 0.5) is 8.78 Å². The van der Waals surface area contributed by atoms with Gasteiger partial charge >= 0.3 is 12.6 Å². The molecule has 0 atom stereocenters. The Morgan fingerprint density at radius 3 is 2.83 bits per heavy atom. The molecule has 8 heteroatoms. The molecule has 0 spiro atoms. The molecule has 0 radical (unpaired) electrons. The highest BCUT2D eigenvalue weighted by Crippen LogP contribution is 2.32. The van der Waals surface area contributed by atoms with E-state index in [0.717, 1.165) is 11.3 Å². The van der Waals surface area contributed by atoms with Crippen molar-refractivity contribution in [1.29, 1.82) is 5.26 Å². The van der Waals surface area contributed by atoms with Gasteiger partial charge in [0.25, 0.3) is 0 Å². The first kappa shape index (κ1) is 16.8. The molecule has 0 aliphatic heterocycles. The monoisotopic (exact) mass is 338 g/mol. The average molecular weight is 338 g/mol. The molecule has 23 heavy (non-hydrogen) atoms. The van der Waals surface area contributed by atoms with Crippen LogP contribution in [-0.2, 0) is 4.74 Å². The first-order valence-corrected chi connectivity index (χ1v) is 7.41. The Morgan fingerprint density at radius 1 is 1.48 bits per heavy atom. The highest BCUT2D eigenvalue weighted by atomic mass is 32.1. The Labute approximate surface area is 135 Å². The number of halogens is 2. The SMILES string of the molecule is CCOC(=O)c1sc(-c2ccc(OC(F)F)c(C#N)c2)nc1C. The molecule has 5 nitrogen and oxygen atoms in total. The molecule has 120 valence electrons. The van der Waals surface area contributed by atoms with E-state index in [4.69, 9.17) is 10.00 Å². The number of aromatic nitrogens is 1. The summed E-state index contributed by atoms with van der Waals surface area (Å²) in [6.45, 7) is 0.622. The molecule has 1 aromatic heterocycles. The number of aryl methyl sites for hydroxylation is 1. The van der Waals surface area contributed by atoms with Crippen LogP contribution < -0.4 is 4.74 Å². The fraction of sp³-hybridized carbons (Fsp3) is 0.267. The number of esters is 1. The van der Waals surface area contributed by atoms with Crippen molar-refractivity contribution in [3.63, 3.8) is 0 Å². The number of alkyl halides is 2. The normalized spacial score (nSPS) is 10.4. The Balaban J connectivity index is 2.38. The van der Waals surface area contributed by atoms with E-state index < -0.39 is 12.6 Å². The van der Waals surface area contributed by atoms with Crippen LogP contribution in [0, 0.1) is 18.3 Å². The largest absolute Gasteiger partial charge is 0.462 e. The van der Waals surface area contributed by atoms with Crippen molar-refractivity contribution < 1.29 is 23.0 Å². The molecule has 0 unspecified atom stereocenters. The number of benzene rings is 1. The summed E-state index contributed by atoms with van der Waals surface area (Å²) < 4.78 is 33.8. The predicted molar refractivity (Wildman–Crippen MR) is 79.6 cm³/mol. The lowest BCUT2D eigenvalue weighted by atomic mass is 10.1. The van der Waals surface area contributed by atoms with E-state index in [0.29, 0.717) is 21.1 Å². The first-order valence-electron chi connectivity index (χ1n) is 6.60. The van der Waals surface area contributed by atoms with Crippen LogP contribution in [0.25, 0.3) is 10.6 Å². The lowest BCUT2D eigenvalue weighted by Crippen LogP contribution is -2.03. The van der Waals surface area contributed by atoms with Gasteiger partial charge in [-0.15, -0.1) is 11.3 Å². The molecule has 0 bridgehead atoms. The number of thiazole rings is 1. The van der Waals surface area contributed by atoms with Crippen molar-refractivity contribution in [2.45, 2.75) is 20.5 Å². The van der Waals surface area contributed by atoms with Gasteiger partial charge in [0.2, 0.25) is 0 Å². The van der Waals surface area contributed by atoms with Gasteiger partial charge in [-0.25, -0.2) is 9.78 Å². The summed E-state index contributed by atoms with van der Waals surface area (Å²) in [5.74, 6) is -0.669. The minimum absolute atomic E-state index is 0.0339. The van der Waals surface area contributed by atoms with Crippen molar-refractivity contribution >= 4 is 17.3 Å². The van der Waals surface area contributed by atoms with E-state index in [-0.39, 0.29) is 17.9 Å². The standard InChI is InChI=1S/C15H12F2N2O3S/c1-3-21-14(20)12-8(2)19-13(23-12)9-4-5-11(22-15(16)17)10(6-9)7-18/h4-6,15H,3H2,1-2H3. The van der Waals surface area contributed by atoms with Crippen LogP contribution in [0.5, 0.6) is 5.75 Å². The van der Waals surface area contributed by atoms with E-state index in [2.05, 4.69) is 9.72 Å². The number of ether oxygens (including phenoxy) is 2. The van der Waals surface area contributed by atoms with Gasteiger partial charge in [-0.3, -0.25) is 0 Å². The van der Waals surface area contributed by atoms with Gasteiger partial charge in [0.15, 0.2) is 0 Å². The van der Waals surface area contributed by atoms with Gasteiger partial charge in [-0.2, -0.15) is 14.0 Å². The highest BCUT2D eigenvalue weighted by molar-refractivity contribution is 7.17. The van der Waals surface area contributed by atoms with Crippen LogP contribution >= 0.6 is 11.3 Å². The highest BCUT2D eigenvalue weighted by Gasteiger charge is 2.18. The molecule has 0 amide bonds. The third-order valence-electron chi connectivity index (χ3n) is 2.82. The molecule has 1 heterocycles. The number of rotatable bonds is 5. The maximum atomic E-state index is 12.3. The van der Waals surface area contributed by atoms with Gasteiger partial charge in [0.1, 0.15) is 21.7 Å². The summed E-state index contributed by atoms with van der Waals surface area (Å²) in [6, 6.07) is 5.98. The van der Waals surface area contributed by atoms with Gasteiger partial charge in [-0.05, 0) is 32.0 Å². The Morgan fingerprint density at radius 2 is 2.22 bits per heavy atom. The van der Waals surface area contributed by atoms with E-state index in [1.54, 1.807) is 19.9 Å².